The first-order chi connectivity index (χ1) is 14.8. The molecule has 32 heavy (non-hydrogen) atoms. The van der Waals surface area contributed by atoms with Crippen molar-refractivity contribution < 1.29 is 17.6 Å². The molecule has 0 aromatic carbocycles. The predicted octanol–water partition coefficient (Wildman–Crippen LogP) is 7.11. The van der Waals surface area contributed by atoms with Crippen molar-refractivity contribution in [3.05, 3.63) is 33.9 Å². The van der Waals surface area contributed by atoms with Crippen molar-refractivity contribution in [2.45, 2.75) is 95.9 Å². The van der Waals surface area contributed by atoms with Gasteiger partial charge in [0.05, 0.1) is 15.7 Å². The Hall–Kier alpha value is -0.883. The van der Waals surface area contributed by atoms with E-state index in [2.05, 4.69) is 44.1 Å². The summed E-state index contributed by atoms with van der Waals surface area (Å²) in [5.41, 5.74) is 0.395. The van der Waals surface area contributed by atoms with Gasteiger partial charge in [0.2, 0.25) is 0 Å². The van der Waals surface area contributed by atoms with E-state index in [1.54, 1.807) is 23.1 Å². The molecule has 5 nitrogen and oxygen atoms in total. The fraction of sp³-hybridized carbons (Fsp3) is 0.727. The van der Waals surface area contributed by atoms with Gasteiger partial charge >= 0.3 is 6.30 Å². The fourth-order valence-corrected chi connectivity index (χ4v) is 6.28. The van der Waals surface area contributed by atoms with E-state index in [1.807, 2.05) is 22.6 Å². The lowest BCUT2D eigenvalue weighted by Crippen LogP contribution is -2.46. The third-order valence-corrected chi connectivity index (χ3v) is 12.3. The molecule has 2 heterocycles. The van der Waals surface area contributed by atoms with Crippen molar-refractivity contribution in [1.29, 1.82) is 0 Å². The van der Waals surface area contributed by atoms with Crippen LogP contribution in [0.25, 0.3) is 0 Å². The van der Waals surface area contributed by atoms with Crippen molar-refractivity contribution in [1.82, 2.24) is 19.6 Å². The summed E-state index contributed by atoms with van der Waals surface area (Å²) >= 11 is 1.95. The summed E-state index contributed by atoms with van der Waals surface area (Å²) in [6, 6.07) is 1.38. The second-order valence-electron chi connectivity index (χ2n) is 10.3. The molecule has 0 amide bonds. The Kier molecular flexibility index (Phi) is 7.86. The first-order valence-corrected chi connectivity index (χ1v) is 15.3. The van der Waals surface area contributed by atoms with Gasteiger partial charge in [-0.05, 0) is 65.5 Å². The number of rotatable bonds is 7. The molecular formula is C22H34F3IN4OSi. The first-order valence-electron chi connectivity index (χ1n) is 11.3. The normalized spacial score (nSPS) is 18.7. The number of aromatic nitrogens is 4. The zero-order valence-electron chi connectivity index (χ0n) is 19.5. The molecule has 10 heteroatoms. The Labute approximate surface area is 203 Å². The quantitative estimate of drug-likeness (QED) is 0.258. The summed E-state index contributed by atoms with van der Waals surface area (Å²) < 4.78 is 49.3. The smallest absolute Gasteiger partial charge is 0.414 e. The fourth-order valence-electron chi connectivity index (χ4n) is 4.15. The molecule has 180 valence electrons. The van der Waals surface area contributed by atoms with E-state index >= 15 is 0 Å². The van der Waals surface area contributed by atoms with Crippen molar-refractivity contribution >= 4 is 30.9 Å². The lowest BCUT2D eigenvalue weighted by Gasteiger charge is -2.43. The zero-order valence-corrected chi connectivity index (χ0v) is 22.7. The number of hydrogen-bond acceptors (Lipinski definition) is 3. The summed E-state index contributed by atoms with van der Waals surface area (Å²) in [4.78, 5) is 0. The van der Waals surface area contributed by atoms with Gasteiger partial charge in [-0.15, -0.1) is 13.2 Å². The second kappa shape index (κ2) is 9.77. The van der Waals surface area contributed by atoms with Gasteiger partial charge in [0.1, 0.15) is 5.69 Å². The van der Waals surface area contributed by atoms with Gasteiger partial charge < -0.3 is 4.43 Å². The highest BCUT2D eigenvalue weighted by Gasteiger charge is 2.42. The molecule has 2 aromatic heterocycles. The van der Waals surface area contributed by atoms with Crippen LogP contribution in [-0.2, 0) is 10.7 Å². The predicted molar refractivity (Wildman–Crippen MR) is 130 cm³/mol. The van der Waals surface area contributed by atoms with Gasteiger partial charge in [-0.3, -0.25) is 4.68 Å². The zero-order chi connectivity index (χ0) is 23.7. The molecule has 1 saturated carbocycles. The van der Waals surface area contributed by atoms with Crippen LogP contribution in [0.1, 0.15) is 71.0 Å². The van der Waals surface area contributed by atoms with Crippen LogP contribution in [0, 0.1) is 9.49 Å². The molecule has 0 saturated heterocycles. The number of alkyl halides is 3. The molecule has 2 aromatic rings. The van der Waals surface area contributed by atoms with Crippen LogP contribution < -0.4 is 0 Å². The number of nitrogens with zero attached hydrogens (tertiary/aromatic N) is 4. The van der Waals surface area contributed by atoms with Gasteiger partial charge in [-0.25, -0.2) is 0 Å². The highest BCUT2D eigenvalue weighted by molar-refractivity contribution is 14.1. The molecule has 1 aliphatic rings. The summed E-state index contributed by atoms with van der Waals surface area (Å²) in [7, 11) is -2.08. The maximum Gasteiger partial charge on any atom is 0.504 e. The van der Waals surface area contributed by atoms with Crippen LogP contribution in [0.2, 0.25) is 18.1 Å². The average molecular weight is 583 g/mol. The Morgan fingerprint density at radius 3 is 2.34 bits per heavy atom. The molecule has 0 spiro atoms. The van der Waals surface area contributed by atoms with Crippen LogP contribution in [0.5, 0.6) is 0 Å². The number of halogens is 4. The highest BCUT2D eigenvalue weighted by atomic mass is 127. The highest BCUT2D eigenvalue weighted by Crippen LogP contribution is 2.42. The van der Waals surface area contributed by atoms with Crippen LogP contribution in [-0.4, -0.2) is 34.0 Å². The Balaban J connectivity index is 1.98. The standard InChI is InChI=1S/C22H34F3IN4OSi/c1-21(2,3)32(4,5)31-19(16-10-7-6-8-11-16)14-18(29-13-9-12-27-29)20-17(26)15-30(28-20)22(23,24)25/h9,12-13,15-16,18-19H,6-8,10-11,14H2,1-5H3. The SMILES string of the molecule is CC(C)(C)[Si](C)(C)OC(CC(c1nn(C(F)(F)F)cc1I)n1cccn1)C1CCCCC1. The summed E-state index contributed by atoms with van der Waals surface area (Å²) in [6.45, 7) is 11.1. The largest absolute Gasteiger partial charge is 0.504 e. The number of hydrogen-bond donors (Lipinski definition) is 0. The van der Waals surface area contributed by atoms with E-state index in [9.17, 15) is 13.2 Å². The van der Waals surface area contributed by atoms with Gasteiger partial charge in [-0.1, -0.05) is 40.0 Å². The topological polar surface area (TPSA) is 44.9 Å². The van der Waals surface area contributed by atoms with Crippen molar-refractivity contribution in [2.75, 3.05) is 0 Å². The van der Waals surface area contributed by atoms with Gasteiger partial charge in [-0.2, -0.15) is 14.9 Å². The van der Waals surface area contributed by atoms with Crippen LogP contribution >= 0.6 is 22.6 Å². The third kappa shape index (κ3) is 5.97. The molecule has 2 atom stereocenters. The Morgan fingerprint density at radius 2 is 1.84 bits per heavy atom. The molecular weight excluding hydrogens is 548 g/mol. The molecule has 2 unspecified atom stereocenters. The van der Waals surface area contributed by atoms with Crippen LogP contribution in [0.15, 0.2) is 24.7 Å². The van der Waals surface area contributed by atoms with Gasteiger partial charge in [0.25, 0.3) is 0 Å². The average Bonchev–Trinajstić information content (AvgIpc) is 3.34. The molecule has 0 N–H and O–H groups in total. The van der Waals surface area contributed by atoms with E-state index in [1.165, 1.54) is 19.3 Å². The maximum absolute atomic E-state index is 13.3. The second-order valence-corrected chi connectivity index (χ2v) is 16.2. The summed E-state index contributed by atoms with van der Waals surface area (Å²) in [6.07, 6.45) is 6.26. The lowest BCUT2D eigenvalue weighted by molar-refractivity contribution is -0.212. The van der Waals surface area contributed by atoms with Crippen molar-refractivity contribution in [2.24, 2.45) is 5.92 Å². The monoisotopic (exact) mass is 582 g/mol. The Bertz CT molecular complexity index is 871. The molecule has 1 aliphatic carbocycles. The minimum Gasteiger partial charge on any atom is -0.414 e. The van der Waals surface area contributed by atoms with Crippen molar-refractivity contribution in [3.8, 4) is 0 Å². The van der Waals surface area contributed by atoms with E-state index in [0.717, 1.165) is 19.0 Å². The van der Waals surface area contributed by atoms with Gasteiger partial charge in [0.15, 0.2) is 8.32 Å². The maximum atomic E-state index is 13.3. The van der Waals surface area contributed by atoms with Gasteiger partial charge in [0, 0.05) is 25.0 Å². The summed E-state index contributed by atoms with van der Waals surface area (Å²) in [5.74, 6) is 0.401. The molecule has 0 aliphatic heterocycles. The van der Waals surface area contributed by atoms with E-state index in [4.69, 9.17) is 4.43 Å². The minimum atomic E-state index is -4.55. The van der Waals surface area contributed by atoms with Crippen molar-refractivity contribution in [3.63, 3.8) is 0 Å². The van der Waals surface area contributed by atoms with E-state index in [0.29, 0.717) is 21.6 Å². The lowest BCUT2D eigenvalue weighted by atomic mass is 9.83. The molecule has 3 rings (SSSR count). The van der Waals surface area contributed by atoms with Crippen LogP contribution in [0.3, 0.4) is 0 Å². The third-order valence-electron chi connectivity index (χ3n) is 7.00. The summed E-state index contributed by atoms with van der Waals surface area (Å²) in [5, 5.41) is 8.40. The van der Waals surface area contributed by atoms with Crippen LogP contribution in [0.4, 0.5) is 13.2 Å². The Morgan fingerprint density at radius 1 is 1.19 bits per heavy atom. The molecule has 0 radical (unpaired) electrons. The first kappa shape index (κ1) is 25.7. The molecule has 0 bridgehead atoms. The minimum absolute atomic E-state index is 0.0442. The molecule has 1 fully saturated rings. The van der Waals surface area contributed by atoms with E-state index in [-0.39, 0.29) is 15.8 Å². The van der Waals surface area contributed by atoms with E-state index < -0.39 is 20.7 Å².